The number of imidazole rings is 1. The van der Waals surface area contributed by atoms with Crippen LogP contribution in [0.2, 0.25) is 0 Å². The zero-order valence-corrected chi connectivity index (χ0v) is 11.9. The molecular formula is C10H10Br2N2S. The van der Waals surface area contributed by atoms with Crippen LogP contribution in [0.3, 0.4) is 0 Å². The third kappa shape index (κ3) is 3.23. The number of fused-ring (bicyclic) bond motifs is 1. The van der Waals surface area contributed by atoms with Gasteiger partial charge < -0.3 is 4.98 Å². The highest BCUT2D eigenvalue weighted by molar-refractivity contribution is 9.24. The van der Waals surface area contributed by atoms with Gasteiger partial charge in [0, 0.05) is 5.75 Å². The highest BCUT2D eigenvalue weighted by atomic mass is 79.9. The van der Waals surface area contributed by atoms with Crippen LogP contribution in [0.4, 0.5) is 0 Å². The second-order valence-electron chi connectivity index (χ2n) is 3.09. The summed E-state index contributed by atoms with van der Waals surface area (Å²) in [5, 5.41) is 0.997. The van der Waals surface area contributed by atoms with Gasteiger partial charge in [0.1, 0.15) is 0 Å². The molecule has 0 aliphatic rings. The number of aromatic nitrogens is 2. The summed E-state index contributed by atoms with van der Waals surface area (Å²) in [6.45, 7) is 0. The van der Waals surface area contributed by atoms with E-state index in [0.717, 1.165) is 28.4 Å². The zero-order chi connectivity index (χ0) is 10.7. The third-order valence-corrected chi connectivity index (χ3v) is 3.76. The van der Waals surface area contributed by atoms with E-state index in [1.807, 2.05) is 24.3 Å². The third-order valence-electron chi connectivity index (χ3n) is 1.94. The first-order valence-electron chi connectivity index (χ1n) is 4.61. The number of benzene rings is 1. The van der Waals surface area contributed by atoms with Crippen molar-refractivity contribution in [2.24, 2.45) is 0 Å². The number of nitrogens with zero attached hydrogens (tertiary/aromatic N) is 1. The SMILES string of the molecule is BrC(Br)CCSc1nc2ccccc2[nH]1. The van der Waals surface area contributed by atoms with E-state index in [9.17, 15) is 0 Å². The molecule has 0 saturated carbocycles. The van der Waals surface area contributed by atoms with Gasteiger partial charge >= 0.3 is 0 Å². The van der Waals surface area contributed by atoms with Crippen molar-refractivity contribution < 1.29 is 0 Å². The smallest absolute Gasteiger partial charge is 0.166 e. The molecule has 1 heterocycles. The molecule has 15 heavy (non-hydrogen) atoms. The molecule has 2 aromatic rings. The van der Waals surface area contributed by atoms with Gasteiger partial charge in [-0.1, -0.05) is 55.8 Å². The van der Waals surface area contributed by atoms with Crippen LogP contribution in [0, 0.1) is 0 Å². The number of thioether (sulfide) groups is 1. The Hall–Kier alpha value is 0.000000000000000167. The Balaban J connectivity index is 2.03. The first-order chi connectivity index (χ1) is 7.25. The first-order valence-corrected chi connectivity index (χ1v) is 7.43. The van der Waals surface area contributed by atoms with Crippen molar-refractivity contribution >= 4 is 54.7 Å². The molecule has 1 aromatic carbocycles. The van der Waals surface area contributed by atoms with E-state index in [0.29, 0.717) is 3.74 Å². The van der Waals surface area contributed by atoms with Crippen LogP contribution >= 0.6 is 43.6 Å². The minimum atomic E-state index is 0.391. The van der Waals surface area contributed by atoms with Crippen LogP contribution in [0.5, 0.6) is 0 Å². The van der Waals surface area contributed by atoms with E-state index in [1.54, 1.807) is 11.8 Å². The zero-order valence-electron chi connectivity index (χ0n) is 7.91. The number of hydrogen-bond donors (Lipinski definition) is 1. The van der Waals surface area contributed by atoms with Crippen molar-refractivity contribution in [1.29, 1.82) is 0 Å². The fourth-order valence-electron chi connectivity index (χ4n) is 1.24. The normalized spacial score (nSPS) is 11.4. The topological polar surface area (TPSA) is 28.7 Å². The van der Waals surface area contributed by atoms with Gasteiger partial charge in [0.2, 0.25) is 0 Å². The molecular weight excluding hydrogens is 340 g/mol. The van der Waals surface area contributed by atoms with Gasteiger partial charge in [-0.15, -0.1) is 0 Å². The number of halogens is 2. The lowest BCUT2D eigenvalue weighted by atomic mass is 10.3. The summed E-state index contributed by atoms with van der Waals surface area (Å²) in [6, 6.07) is 8.09. The summed E-state index contributed by atoms with van der Waals surface area (Å²) in [5.41, 5.74) is 2.14. The number of H-pyrrole nitrogens is 1. The molecule has 2 nitrogen and oxygen atoms in total. The fourth-order valence-corrected chi connectivity index (χ4v) is 3.20. The second-order valence-corrected chi connectivity index (χ2v) is 7.61. The molecule has 0 fully saturated rings. The average molecular weight is 350 g/mol. The van der Waals surface area contributed by atoms with E-state index in [1.165, 1.54) is 0 Å². The monoisotopic (exact) mass is 348 g/mol. The molecule has 0 amide bonds. The largest absolute Gasteiger partial charge is 0.333 e. The lowest BCUT2D eigenvalue weighted by molar-refractivity contribution is 1.05. The van der Waals surface area contributed by atoms with E-state index >= 15 is 0 Å². The lowest BCUT2D eigenvalue weighted by Crippen LogP contribution is -1.88. The summed E-state index contributed by atoms with van der Waals surface area (Å²) in [7, 11) is 0. The molecule has 5 heteroatoms. The molecule has 0 unspecified atom stereocenters. The van der Waals surface area contributed by atoms with Crippen LogP contribution in [0.15, 0.2) is 29.4 Å². The van der Waals surface area contributed by atoms with Gasteiger partial charge in [-0.25, -0.2) is 4.98 Å². The van der Waals surface area contributed by atoms with Crippen LogP contribution in [-0.4, -0.2) is 19.5 Å². The van der Waals surface area contributed by atoms with E-state index in [4.69, 9.17) is 0 Å². The van der Waals surface area contributed by atoms with Crippen molar-refractivity contribution in [2.75, 3.05) is 5.75 Å². The maximum absolute atomic E-state index is 4.49. The highest BCUT2D eigenvalue weighted by Gasteiger charge is 2.03. The van der Waals surface area contributed by atoms with Crippen molar-refractivity contribution in [2.45, 2.75) is 15.3 Å². The summed E-state index contributed by atoms with van der Waals surface area (Å²) in [4.78, 5) is 7.78. The Morgan fingerprint density at radius 1 is 1.33 bits per heavy atom. The standard InChI is InChI=1S/C10H10Br2N2S/c11-9(12)5-6-15-10-13-7-3-1-2-4-8(7)14-10/h1-4,9H,5-6H2,(H,13,14). The molecule has 0 aliphatic heterocycles. The fraction of sp³-hybridized carbons (Fsp3) is 0.300. The molecule has 1 N–H and O–H groups in total. The van der Waals surface area contributed by atoms with Gasteiger partial charge in [0.05, 0.1) is 14.8 Å². The number of alkyl halides is 2. The molecule has 0 radical (unpaired) electrons. The number of rotatable bonds is 4. The van der Waals surface area contributed by atoms with Crippen molar-refractivity contribution in [3.8, 4) is 0 Å². The van der Waals surface area contributed by atoms with Crippen LogP contribution < -0.4 is 0 Å². The molecule has 0 saturated heterocycles. The van der Waals surface area contributed by atoms with Gasteiger partial charge in [0.15, 0.2) is 5.16 Å². The lowest BCUT2D eigenvalue weighted by Gasteiger charge is -1.98. The second kappa shape index (κ2) is 5.37. The van der Waals surface area contributed by atoms with E-state index in [-0.39, 0.29) is 0 Å². The van der Waals surface area contributed by atoms with Crippen LogP contribution in [-0.2, 0) is 0 Å². The van der Waals surface area contributed by atoms with Crippen LogP contribution in [0.1, 0.15) is 6.42 Å². The minimum absolute atomic E-state index is 0.391. The number of aromatic amines is 1. The Kier molecular flexibility index (Phi) is 4.11. The molecule has 1 aromatic heterocycles. The summed E-state index contributed by atoms with van der Waals surface area (Å²) in [6.07, 6.45) is 1.07. The first kappa shape index (κ1) is 11.5. The molecule has 0 spiro atoms. The summed E-state index contributed by atoms with van der Waals surface area (Å²) >= 11 is 8.66. The minimum Gasteiger partial charge on any atom is -0.333 e. The number of hydrogen-bond acceptors (Lipinski definition) is 2. The van der Waals surface area contributed by atoms with Crippen molar-refractivity contribution in [3.05, 3.63) is 24.3 Å². The Labute approximate surface area is 109 Å². The number of para-hydroxylation sites is 2. The Morgan fingerprint density at radius 2 is 2.13 bits per heavy atom. The van der Waals surface area contributed by atoms with Gasteiger partial charge in [-0.05, 0) is 18.6 Å². The number of nitrogens with one attached hydrogen (secondary N) is 1. The molecule has 80 valence electrons. The highest BCUT2D eigenvalue weighted by Crippen LogP contribution is 2.22. The van der Waals surface area contributed by atoms with Crippen LogP contribution in [0.25, 0.3) is 11.0 Å². The molecule has 0 atom stereocenters. The maximum Gasteiger partial charge on any atom is 0.166 e. The van der Waals surface area contributed by atoms with E-state index in [2.05, 4.69) is 41.8 Å². The van der Waals surface area contributed by atoms with Crippen molar-refractivity contribution in [1.82, 2.24) is 9.97 Å². The molecule has 2 rings (SSSR count). The quantitative estimate of drug-likeness (QED) is 0.663. The molecule has 0 bridgehead atoms. The predicted octanol–water partition coefficient (Wildman–Crippen LogP) is 4.16. The Morgan fingerprint density at radius 3 is 2.87 bits per heavy atom. The Bertz CT molecular complexity index is 409. The molecule has 0 aliphatic carbocycles. The predicted molar refractivity (Wildman–Crippen MR) is 73.1 cm³/mol. The van der Waals surface area contributed by atoms with E-state index < -0.39 is 0 Å². The van der Waals surface area contributed by atoms with Gasteiger partial charge in [0.25, 0.3) is 0 Å². The summed E-state index contributed by atoms with van der Waals surface area (Å²) < 4.78 is 0.391. The van der Waals surface area contributed by atoms with Gasteiger partial charge in [-0.3, -0.25) is 0 Å². The van der Waals surface area contributed by atoms with Gasteiger partial charge in [-0.2, -0.15) is 0 Å². The summed E-state index contributed by atoms with van der Waals surface area (Å²) in [5.74, 6) is 1.04. The average Bonchev–Trinajstić information content (AvgIpc) is 2.59. The maximum atomic E-state index is 4.49. The van der Waals surface area contributed by atoms with Crippen molar-refractivity contribution in [3.63, 3.8) is 0 Å².